The summed E-state index contributed by atoms with van der Waals surface area (Å²) < 4.78 is 5.60. The molecule has 3 nitrogen and oxygen atoms in total. The summed E-state index contributed by atoms with van der Waals surface area (Å²) in [7, 11) is 0. The lowest BCUT2D eigenvalue weighted by Crippen LogP contribution is -2.05. The van der Waals surface area contributed by atoms with E-state index in [1.165, 1.54) is 0 Å². The molecule has 20 heavy (non-hydrogen) atoms. The van der Waals surface area contributed by atoms with E-state index in [4.69, 9.17) is 4.74 Å². The molecule has 2 rings (SSSR count). The quantitative estimate of drug-likeness (QED) is 0.860. The predicted molar refractivity (Wildman–Crippen MR) is 82.4 cm³/mol. The van der Waals surface area contributed by atoms with Gasteiger partial charge >= 0.3 is 0 Å². The van der Waals surface area contributed by atoms with E-state index in [0.717, 1.165) is 22.6 Å². The summed E-state index contributed by atoms with van der Waals surface area (Å²) in [6.07, 6.45) is 0.179. The molecule has 0 aromatic heterocycles. The van der Waals surface area contributed by atoms with E-state index >= 15 is 0 Å². The zero-order valence-corrected chi connectivity index (χ0v) is 12.2. The first-order valence-corrected chi connectivity index (χ1v) is 6.84. The molecule has 0 spiro atoms. The number of hydrogen-bond donors (Lipinski definition) is 2. The van der Waals surface area contributed by atoms with Crippen LogP contribution in [0.15, 0.2) is 42.5 Å². The lowest BCUT2D eigenvalue weighted by atomic mass is 10.1. The first-order valence-electron chi connectivity index (χ1n) is 6.84. The van der Waals surface area contributed by atoms with Crippen LogP contribution in [0.2, 0.25) is 0 Å². The molecule has 0 saturated heterocycles. The molecule has 0 amide bonds. The summed E-state index contributed by atoms with van der Waals surface area (Å²) in [5, 5.41) is 13.3. The normalized spacial score (nSPS) is 10.6. The third-order valence-electron chi connectivity index (χ3n) is 3.03. The summed E-state index contributed by atoms with van der Waals surface area (Å²) in [5.41, 5.74) is 2.79. The van der Waals surface area contributed by atoms with Crippen LogP contribution >= 0.6 is 0 Å². The van der Waals surface area contributed by atoms with Gasteiger partial charge in [-0.1, -0.05) is 18.2 Å². The van der Waals surface area contributed by atoms with Gasteiger partial charge in [-0.3, -0.25) is 0 Å². The Bertz CT molecular complexity index is 562. The number of para-hydroxylation sites is 1. The van der Waals surface area contributed by atoms with Crippen LogP contribution in [0.3, 0.4) is 0 Å². The highest BCUT2D eigenvalue weighted by Crippen LogP contribution is 2.23. The van der Waals surface area contributed by atoms with Crippen molar-refractivity contribution in [3.8, 4) is 11.5 Å². The number of phenols is 1. The molecule has 106 valence electrons. The van der Waals surface area contributed by atoms with Crippen LogP contribution < -0.4 is 10.1 Å². The molecule has 0 fully saturated rings. The Labute approximate surface area is 120 Å². The number of rotatable bonds is 5. The summed E-state index contributed by atoms with van der Waals surface area (Å²) in [5.74, 6) is 1.23. The molecule has 2 aromatic carbocycles. The largest absolute Gasteiger partial charge is 0.507 e. The van der Waals surface area contributed by atoms with Gasteiger partial charge in [-0.25, -0.2) is 0 Å². The van der Waals surface area contributed by atoms with Crippen molar-refractivity contribution in [1.29, 1.82) is 0 Å². The number of aromatic hydroxyl groups is 1. The van der Waals surface area contributed by atoms with Crippen molar-refractivity contribution in [1.82, 2.24) is 0 Å². The van der Waals surface area contributed by atoms with E-state index in [1.807, 2.05) is 63.2 Å². The fourth-order valence-corrected chi connectivity index (χ4v) is 1.98. The minimum Gasteiger partial charge on any atom is -0.507 e. The third kappa shape index (κ3) is 3.67. The van der Waals surface area contributed by atoms with Crippen LogP contribution in [-0.4, -0.2) is 11.2 Å². The monoisotopic (exact) mass is 271 g/mol. The molecule has 0 bridgehead atoms. The van der Waals surface area contributed by atoms with E-state index in [0.29, 0.717) is 12.3 Å². The molecule has 0 unspecified atom stereocenters. The average molecular weight is 271 g/mol. The third-order valence-corrected chi connectivity index (χ3v) is 3.03. The lowest BCUT2D eigenvalue weighted by Gasteiger charge is -2.12. The Kier molecular flexibility index (Phi) is 4.51. The molecule has 0 aliphatic rings. The second kappa shape index (κ2) is 6.33. The fourth-order valence-electron chi connectivity index (χ4n) is 1.98. The van der Waals surface area contributed by atoms with Crippen molar-refractivity contribution in [3.63, 3.8) is 0 Å². The molecule has 0 aliphatic carbocycles. The van der Waals surface area contributed by atoms with Gasteiger partial charge in [-0.15, -0.1) is 0 Å². The Hall–Kier alpha value is -2.16. The van der Waals surface area contributed by atoms with Gasteiger partial charge in [0.05, 0.1) is 6.10 Å². The zero-order valence-electron chi connectivity index (χ0n) is 12.2. The Morgan fingerprint density at radius 1 is 1.10 bits per heavy atom. The standard InChI is InChI=1S/C17H21NO2/c1-12(2)20-16-9-7-15(8-10-16)18-11-14-6-4-5-13(3)17(14)19/h4-10,12,18-19H,11H2,1-3H3. The van der Waals surface area contributed by atoms with Crippen LogP contribution in [0.1, 0.15) is 25.0 Å². The smallest absolute Gasteiger partial charge is 0.123 e. The van der Waals surface area contributed by atoms with Crippen molar-refractivity contribution in [2.75, 3.05) is 5.32 Å². The summed E-state index contributed by atoms with van der Waals surface area (Å²) in [6.45, 7) is 6.51. The molecule has 0 radical (unpaired) electrons. The predicted octanol–water partition coefficient (Wildman–Crippen LogP) is 4.10. The topological polar surface area (TPSA) is 41.5 Å². The molecular weight excluding hydrogens is 250 g/mol. The molecule has 0 heterocycles. The minimum atomic E-state index is 0.179. The number of aryl methyl sites for hydroxylation is 1. The minimum absolute atomic E-state index is 0.179. The van der Waals surface area contributed by atoms with Gasteiger partial charge in [0, 0.05) is 17.8 Å². The van der Waals surface area contributed by atoms with E-state index in [-0.39, 0.29) is 6.10 Å². The number of benzene rings is 2. The van der Waals surface area contributed by atoms with Crippen molar-refractivity contribution >= 4 is 5.69 Å². The molecule has 2 aromatic rings. The van der Waals surface area contributed by atoms with Gasteiger partial charge in [0.1, 0.15) is 11.5 Å². The van der Waals surface area contributed by atoms with Crippen LogP contribution in [0, 0.1) is 6.92 Å². The summed E-state index contributed by atoms with van der Waals surface area (Å²) in [6, 6.07) is 13.6. The maximum Gasteiger partial charge on any atom is 0.123 e. The molecule has 0 saturated carbocycles. The van der Waals surface area contributed by atoms with Gasteiger partial charge in [0.2, 0.25) is 0 Å². The molecule has 0 aliphatic heterocycles. The highest BCUT2D eigenvalue weighted by atomic mass is 16.5. The Morgan fingerprint density at radius 2 is 1.80 bits per heavy atom. The highest BCUT2D eigenvalue weighted by Gasteiger charge is 2.03. The van der Waals surface area contributed by atoms with Crippen molar-refractivity contribution in [2.45, 2.75) is 33.4 Å². The van der Waals surface area contributed by atoms with Gasteiger partial charge in [0.15, 0.2) is 0 Å². The molecule has 0 atom stereocenters. The van der Waals surface area contributed by atoms with Gasteiger partial charge in [-0.2, -0.15) is 0 Å². The van der Waals surface area contributed by atoms with Gasteiger partial charge < -0.3 is 15.2 Å². The summed E-state index contributed by atoms with van der Waals surface area (Å²) in [4.78, 5) is 0. The van der Waals surface area contributed by atoms with Crippen LogP contribution in [-0.2, 0) is 6.54 Å². The number of phenolic OH excluding ortho intramolecular Hbond substituents is 1. The number of nitrogens with one attached hydrogen (secondary N) is 1. The van der Waals surface area contributed by atoms with Crippen molar-refractivity contribution < 1.29 is 9.84 Å². The maximum atomic E-state index is 9.96. The fraction of sp³-hybridized carbons (Fsp3) is 0.294. The molecular formula is C17H21NO2. The Morgan fingerprint density at radius 3 is 2.45 bits per heavy atom. The molecule has 2 N–H and O–H groups in total. The second-order valence-electron chi connectivity index (χ2n) is 5.13. The van der Waals surface area contributed by atoms with Crippen LogP contribution in [0.25, 0.3) is 0 Å². The van der Waals surface area contributed by atoms with Crippen LogP contribution in [0.5, 0.6) is 11.5 Å². The van der Waals surface area contributed by atoms with E-state index in [9.17, 15) is 5.11 Å². The first-order chi connectivity index (χ1) is 9.56. The van der Waals surface area contributed by atoms with Gasteiger partial charge in [-0.05, 0) is 50.6 Å². The highest BCUT2D eigenvalue weighted by molar-refractivity contribution is 5.48. The zero-order chi connectivity index (χ0) is 14.5. The molecule has 3 heteroatoms. The van der Waals surface area contributed by atoms with E-state index in [2.05, 4.69) is 5.32 Å². The van der Waals surface area contributed by atoms with Crippen molar-refractivity contribution in [3.05, 3.63) is 53.6 Å². The number of hydrogen-bond acceptors (Lipinski definition) is 3. The van der Waals surface area contributed by atoms with E-state index < -0.39 is 0 Å². The first kappa shape index (κ1) is 14.3. The summed E-state index contributed by atoms with van der Waals surface area (Å²) >= 11 is 0. The average Bonchev–Trinajstić information content (AvgIpc) is 2.41. The maximum absolute atomic E-state index is 9.96. The van der Waals surface area contributed by atoms with Crippen molar-refractivity contribution in [2.24, 2.45) is 0 Å². The number of ether oxygens (including phenoxy) is 1. The van der Waals surface area contributed by atoms with E-state index in [1.54, 1.807) is 0 Å². The number of anilines is 1. The Balaban J connectivity index is 1.99. The SMILES string of the molecule is Cc1cccc(CNc2ccc(OC(C)C)cc2)c1O. The van der Waals surface area contributed by atoms with Crippen LogP contribution in [0.4, 0.5) is 5.69 Å². The van der Waals surface area contributed by atoms with Gasteiger partial charge in [0.25, 0.3) is 0 Å². The second-order valence-corrected chi connectivity index (χ2v) is 5.13. The lowest BCUT2D eigenvalue weighted by molar-refractivity contribution is 0.242.